The number of benzene rings is 2. The number of pyridine rings is 1. The van der Waals surface area contributed by atoms with Crippen LogP contribution in [-0.4, -0.2) is 33.6 Å². The lowest BCUT2D eigenvalue weighted by atomic mass is 10.1. The number of fused-ring (bicyclic) bond motifs is 1. The smallest absolute Gasteiger partial charge is 0.322 e. The SMILES string of the molecule is O=C(O)CNC(=O)c1ncc2ccc(Oc3ccc(F)c(F)c3)cc2c1O. The Hall–Kier alpha value is -3.75. The molecule has 1 amide bonds. The van der Waals surface area contributed by atoms with Crippen molar-refractivity contribution in [1.29, 1.82) is 0 Å². The molecule has 3 rings (SSSR count). The maximum Gasteiger partial charge on any atom is 0.322 e. The first-order valence-electron chi connectivity index (χ1n) is 7.60. The van der Waals surface area contributed by atoms with Gasteiger partial charge in [0.05, 0.1) is 0 Å². The van der Waals surface area contributed by atoms with E-state index >= 15 is 0 Å². The number of halogens is 2. The third-order valence-electron chi connectivity index (χ3n) is 3.58. The summed E-state index contributed by atoms with van der Waals surface area (Å²) in [6.07, 6.45) is 1.33. The van der Waals surface area contributed by atoms with Crippen LogP contribution in [0.4, 0.5) is 8.78 Å². The first-order valence-corrected chi connectivity index (χ1v) is 7.60. The summed E-state index contributed by atoms with van der Waals surface area (Å²) in [4.78, 5) is 26.3. The van der Waals surface area contributed by atoms with Crippen LogP contribution in [0.3, 0.4) is 0 Å². The Kier molecular flexibility index (Phi) is 4.84. The minimum atomic E-state index is -1.24. The lowest BCUT2D eigenvalue weighted by Crippen LogP contribution is -2.29. The standard InChI is InChI=1S/C18H12F2N2O5/c19-13-4-3-11(6-14(13)20)27-10-2-1-9-7-21-16(17(25)12(9)5-10)18(26)22-8-15(23)24/h1-7,25H,8H2,(H,22,26)(H,23,24). The fourth-order valence-corrected chi connectivity index (χ4v) is 2.32. The van der Waals surface area contributed by atoms with Crippen LogP contribution < -0.4 is 10.1 Å². The number of carbonyl (C=O) groups excluding carboxylic acids is 1. The highest BCUT2D eigenvalue weighted by Gasteiger charge is 2.17. The summed E-state index contributed by atoms with van der Waals surface area (Å²) in [5.74, 6) is -4.41. The Morgan fingerprint density at radius 3 is 2.48 bits per heavy atom. The quantitative estimate of drug-likeness (QED) is 0.634. The third kappa shape index (κ3) is 3.92. The van der Waals surface area contributed by atoms with Gasteiger partial charge in [-0.05, 0) is 30.3 Å². The molecule has 1 heterocycles. The zero-order valence-corrected chi connectivity index (χ0v) is 13.6. The summed E-state index contributed by atoms with van der Waals surface area (Å²) in [5, 5.41) is 21.7. The molecule has 0 aliphatic carbocycles. The van der Waals surface area contributed by atoms with E-state index in [9.17, 15) is 23.5 Å². The molecule has 3 aromatic rings. The van der Waals surface area contributed by atoms with Gasteiger partial charge in [-0.1, -0.05) is 0 Å². The molecular weight excluding hydrogens is 362 g/mol. The highest BCUT2D eigenvalue weighted by molar-refractivity contribution is 6.02. The third-order valence-corrected chi connectivity index (χ3v) is 3.58. The molecule has 0 fully saturated rings. The van der Waals surface area contributed by atoms with Crippen molar-refractivity contribution in [2.75, 3.05) is 6.54 Å². The second-order valence-corrected chi connectivity index (χ2v) is 5.46. The number of nitrogens with one attached hydrogen (secondary N) is 1. The number of aliphatic carboxylic acids is 1. The van der Waals surface area contributed by atoms with Gasteiger partial charge in [0.25, 0.3) is 5.91 Å². The summed E-state index contributed by atoms with van der Waals surface area (Å²) >= 11 is 0. The summed E-state index contributed by atoms with van der Waals surface area (Å²) in [6.45, 7) is -0.628. The number of aromatic nitrogens is 1. The second kappa shape index (κ2) is 7.24. The predicted molar refractivity (Wildman–Crippen MR) is 89.8 cm³/mol. The van der Waals surface area contributed by atoms with Crippen molar-refractivity contribution in [3.05, 3.63) is 59.9 Å². The molecule has 2 aromatic carbocycles. The molecule has 0 bridgehead atoms. The Balaban J connectivity index is 1.93. The zero-order chi connectivity index (χ0) is 19.6. The van der Waals surface area contributed by atoms with Crippen molar-refractivity contribution in [2.45, 2.75) is 0 Å². The van der Waals surface area contributed by atoms with Gasteiger partial charge in [-0.3, -0.25) is 9.59 Å². The molecule has 0 saturated carbocycles. The molecule has 9 heteroatoms. The molecule has 1 aromatic heterocycles. The summed E-state index contributed by atoms with van der Waals surface area (Å²) in [7, 11) is 0. The lowest BCUT2D eigenvalue weighted by Gasteiger charge is -2.10. The Bertz CT molecular complexity index is 1060. The molecule has 0 aliphatic rings. The maximum absolute atomic E-state index is 13.3. The number of ether oxygens (including phenoxy) is 1. The molecule has 0 spiro atoms. The van der Waals surface area contributed by atoms with Gasteiger partial charge < -0.3 is 20.3 Å². The van der Waals surface area contributed by atoms with Gasteiger partial charge in [0.2, 0.25) is 0 Å². The molecule has 0 aliphatic heterocycles. The molecule has 27 heavy (non-hydrogen) atoms. The van der Waals surface area contributed by atoms with E-state index in [1.165, 1.54) is 24.4 Å². The van der Waals surface area contributed by atoms with Crippen molar-refractivity contribution in [2.24, 2.45) is 0 Å². The molecule has 3 N–H and O–H groups in total. The van der Waals surface area contributed by atoms with E-state index in [-0.39, 0.29) is 22.6 Å². The van der Waals surface area contributed by atoms with Gasteiger partial charge in [0.15, 0.2) is 23.1 Å². The van der Waals surface area contributed by atoms with Gasteiger partial charge in [0.1, 0.15) is 18.0 Å². The first kappa shape index (κ1) is 18.1. The van der Waals surface area contributed by atoms with E-state index in [0.717, 1.165) is 12.1 Å². The first-order chi connectivity index (χ1) is 12.8. The number of hydrogen-bond donors (Lipinski definition) is 3. The van der Waals surface area contributed by atoms with Crippen LogP contribution in [0.2, 0.25) is 0 Å². The van der Waals surface area contributed by atoms with Gasteiger partial charge >= 0.3 is 5.97 Å². The lowest BCUT2D eigenvalue weighted by molar-refractivity contribution is -0.135. The average molecular weight is 374 g/mol. The number of carbonyl (C=O) groups is 2. The fourth-order valence-electron chi connectivity index (χ4n) is 2.32. The van der Waals surface area contributed by atoms with Crippen molar-refractivity contribution in [1.82, 2.24) is 10.3 Å². The van der Waals surface area contributed by atoms with Crippen LogP contribution in [0, 0.1) is 11.6 Å². The van der Waals surface area contributed by atoms with Gasteiger partial charge in [-0.25, -0.2) is 13.8 Å². The highest BCUT2D eigenvalue weighted by atomic mass is 19.2. The maximum atomic E-state index is 13.3. The van der Waals surface area contributed by atoms with E-state index in [2.05, 4.69) is 10.3 Å². The minimum absolute atomic E-state index is 0.0428. The van der Waals surface area contributed by atoms with Crippen molar-refractivity contribution in [3.63, 3.8) is 0 Å². The molecule has 138 valence electrons. The van der Waals surface area contributed by atoms with Crippen LogP contribution >= 0.6 is 0 Å². The van der Waals surface area contributed by atoms with Crippen molar-refractivity contribution < 1.29 is 33.3 Å². The molecule has 0 radical (unpaired) electrons. The van der Waals surface area contributed by atoms with Gasteiger partial charge in [-0.15, -0.1) is 0 Å². The monoisotopic (exact) mass is 374 g/mol. The Labute approximate surface area is 150 Å². The number of carboxylic acid groups (broad SMARTS) is 1. The number of hydrogen-bond acceptors (Lipinski definition) is 5. The number of carboxylic acids is 1. The number of rotatable bonds is 5. The van der Waals surface area contributed by atoms with Crippen LogP contribution in [-0.2, 0) is 4.79 Å². The van der Waals surface area contributed by atoms with Crippen molar-refractivity contribution >= 4 is 22.6 Å². The van der Waals surface area contributed by atoms with Crippen LogP contribution in [0.15, 0.2) is 42.6 Å². The van der Waals surface area contributed by atoms with E-state index in [1.807, 2.05) is 0 Å². The number of nitrogens with zero attached hydrogens (tertiary/aromatic N) is 1. The predicted octanol–water partition coefficient (Wildman–Crippen LogP) is 2.83. The molecule has 7 nitrogen and oxygen atoms in total. The Morgan fingerprint density at radius 1 is 1.07 bits per heavy atom. The van der Waals surface area contributed by atoms with E-state index in [0.29, 0.717) is 5.39 Å². The number of amides is 1. The largest absolute Gasteiger partial charge is 0.505 e. The number of aromatic hydroxyl groups is 1. The van der Waals surface area contributed by atoms with E-state index in [4.69, 9.17) is 9.84 Å². The second-order valence-electron chi connectivity index (χ2n) is 5.46. The minimum Gasteiger partial charge on any atom is -0.505 e. The summed E-state index contributed by atoms with van der Waals surface area (Å²) < 4.78 is 31.7. The van der Waals surface area contributed by atoms with Crippen LogP contribution in [0.25, 0.3) is 10.8 Å². The molecular formula is C18H12F2N2O5. The Morgan fingerprint density at radius 2 is 1.78 bits per heavy atom. The molecule has 0 saturated heterocycles. The van der Waals surface area contributed by atoms with Gasteiger partial charge in [-0.2, -0.15) is 0 Å². The molecule has 0 unspecified atom stereocenters. The van der Waals surface area contributed by atoms with Crippen LogP contribution in [0.1, 0.15) is 10.5 Å². The van der Waals surface area contributed by atoms with Crippen molar-refractivity contribution in [3.8, 4) is 17.2 Å². The fraction of sp³-hybridized carbons (Fsp3) is 0.0556. The van der Waals surface area contributed by atoms with E-state index in [1.54, 1.807) is 6.07 Å². The molecule has 0 atom stereocenters. The highest BCUT2D eigenvalue weighted by Crippen LogP contribution is 2.32. The normalized spacial score (nSPS) is 10.6. The zero-order valence-electron chi connectivity index (χ0n) is 13.6. The van der Waals surface area contributed by atoms with Crippen LogP contribution in [0.5, 0.6) is 17.2 Å². The van der Waals surface area contributed by atoms with Gasteiger partial charge in [0, 0.05) is 23.0 Å². The summed E-state index contributed by atoms with van der Waals surface area (Å²) in [5.41, 5.74) is -0.353. The topological polar surface area (TPSA) is 109 Å². The van der Waals surface area contributed by atoms with E-state index < -0.39 is 35.8 Å². The summed E-state index contributed by atoms with van der Waals surface area (Å²) in [6, 6.07) is 7.49. The average Bonchev–Trinajstić information content (AvgIpc) is 2.63.